The second-order valence-corrected chi connectivity index (χ2v) is 11.1. The van der Waals surface area contributed by atoms with E-state index in [1.54, 1.807) is 18.3 Å². The van der Waals surface area contributed by atoms with Gasteiger partial charge >= 0.3 is 0 Å². The maximum absolute atomic E-state index is 12.1. The Bertz CT molecular complexity index is 1840. The molecule has 0 bridgehead atoms. The van der Waals surface area contributed by atoms with Crippen molar-refractivity contribution in [3.63, 3.8) is 0 Å². The van der Waals surface area contributed by atoms with Crippen LogP contribution in [0, 0.1) is 30.9 Å². The molecule has 1 fully saturated rings. The lowest BCUT2D eigenvalue weighted by molar-refractivity contribution is -0.384. The molecular formula is C34H31N5O4S. The normalized spacial score (nSPS) is 16.1. The van der Waals surface area contributed by atoms with Crippen molar-refractivity contribution in [2.45, 2.75) is 32.9 Å². The van der Waals surface area contributed by atoms with Crippen LogP contribution in [0.1, 0.15) is 40.3 Å². The molecule has 0 amide bonds. The maximum Gasteiger partial charge on any atom is 0.296 e. The quantitative estimate of drug-likeness (QED) is 0.109. The number of nitro groups is 1. The van der Waals surface area contributed by atoms with Crippen molar-refractivity contribution in [1.82, 2.24) is 14.9 Å². The number of anilines is 1. The van der Waals surface area contributed by atoms with Gasteiger partial charge in [0.15, 0.2) is 5.11 Å². The van der Waals surface area contributed by atoms with Crippen LogP contribution < -0.4 is 19.7 Å². The van der Waals surface area contributed by atoms with E-state index in [1.807, 2.05) is 92.1 Å². The van der Waals surface area contributed by atoms with E-state index >= 15 is 0 Å². The third-order valence-corrected chi connectivity index (χ3v) is 8.19. The highest BCUT2D eigenvalue weighted by atomic mass is 32.1. The molecule has 0 aliphatic carbocycles. The molecule has 3 aromatic carbocycles. The molecule has 1 aliphatic heterocycles. The van der Waals surface area contributed by atoms with Gasteiger partial charge in [-0.05, 0) is 105 Å². The van der Waals surface area contributed by atoms with E-state index in [2.05, 4.69) is 21.3 Å². The van der Waals surface area contributed by atoms with E-state index in [1.165, 1.54) is 13.2 Å². The molecule has 222 valence electrons. The number of hydrogen-bond acceptors (Lipinski definition) is 6. The molecule has 0 radical (unpaired) electrons. The van der Waals surface area contributed by atoms with Gasteiger partial charge in [-0.25, -0.2) is 0 Å². The molecule has 0 spiro atoms. The smallest absolute Gasteiger partial charge is 0.296 e. The summed E-state index contributed by atoms with van der Waals surface area (Å²) in [7, 11) is 1.49. The van der Waals surface area contributed by atoms with E-state index in [0.29, 0.717) is 22.3 Å². The van der Waals surface area contributed by atoms with Crippen LogP contribution >= 0.6 is 12.2 Å². The van der Waals surface area contributed by atoms with Crippen molar-refractivity contribution in [1.29, 1.82) is 0 Å². The fourth-order valence-electron chi connectivity index (χ4n) is 5.79. The van der Waals surface area contributed by atoms with Gasteiger partial charge in [0.2, 0.25) is 0 Å². The Kier molecular flexibility index (Phi) is 7.75. The number of thiocarbonyl (C=S) groups is 1. The Hall–Kier alpha value is -5.22. The zero-order valence-electron chi connectivity index (χ0n) is 24.7. The van der Waals surface area contributed by atoms with Crippen molar-refractivity contribution >= 4 is 28.7 Å². The first-order valence-corrected chi connectivity index (χ1v) is 14.5. The second kappa shape index (κ2) is 11.8. The van der Waals surface area contributed by atoms with E-state index in [9.17, 15) is 10.1 Å². The highest BCUT2D eigenvalue weighted by Crippen LogP contribution is 2.44. The fourth-order valence-corrected chi connectivity index (χ4v) is 6.14. The number of pyridine rings is 1. The summed E-state index contributed by atoms with van der Waals surface area (Å²) in [6.45, 7) is 5.96. The number of ether oxygens (including phenoxy) is 2. The van der Waals surface area contributed by atoms with Crippen molar-refractivity contribution in [2.24, 2.45) is 0 Å². The lowest BCUT2D eigenvalue weighted by atomic mass is 9.96. The van der Waals surface area contributed by atoms with Crippen LogP contribution in [0.4, 0.5) is 11.4 Å². The lowest BCUT2D eigenvalue weighted by Crippen LogP contribution is -2.29. The van der Waals surface area contributed by atoms with Crippen LogP contribution in [0.2, 0.25) is 0 Å². The predicted octanol–water partition coefficient (Wildman–Crippen LogP) is 7.68. The Labute approximate surface area is 260 Å². The topological polar surface area (TPSA) is 94.7 Å². The average Bonchev–Trinajstić information content (AvgIpc) is 3.53. The molecule has 0 saturated carbocycles. The molecule has 1 N–H and O–H groups in total. The van der Waals surface area contributed by atoms with Gasteiger partial charge in [-0.3, -0.25) is 15.1 Å². The molecule has 2 atom stereocenters. The van der Waals surface area contributed by atoms with Crippen LogP contribution in [0.25, 0.3) is 5.69 Å². The summed E-state index contributed by atoms with van der Waals surface area (Å²) < 4.78 is 13.3. The third kappa shape index (κ3) is 5.35. The first-order chi connectivity index (χ1) is 21.2. The van der Waals surface area contributed by atoms with Gasteiger partial charge < -0.3 is 24.3 Å². The van der Waals surface area contributed by atoms with E-state index in [-0.39, 0.29) is 22.7 Å². The number of nitro benzene ring substituents is 1. The summed E-state index contributed by atoms with van der Waals surface area (Å²) in [5.41, 5.74) is 5.98. The molecule has 3 heterocycles. The molecule has 1 saturated heterocycles. The number of methoxy groups -OCH3 is 1. The number of benzene rings is 3. The van der Waals surface area contributed by atoms with Gasteiger partial charge in [0.1, 0.15) is 22.9 Å². The highest BCUT2D eigenvalue weighted by molar-refractivity contribution is 7.80. The summed E-state index contributed by atoms with van der Waals surface area (Å²) >= 11 is 5.93. The van der Waals surface area contributed by atoms with Crippen LogP contribution in [-0.2, 0) is 0 Å². The number of aryl methyl sites for hydroxylation is 2. The highest BCUT2D eigenvalue weighted by Gasteiger charge is 2.42. The zero-order valence-corrected chi connectivity index (χ0v) is 25.5. The predicted molar refractivity (Wildman–Crippen MR) is 174 cm³/mol. The van der Waals surface area contributed by atoms with Crippen molar-refractivity contribution in [3.05, 3.63) is 136 Å². The molecule has 10 heteroatoms. The number of aromatic nitrogens is 2. The Morgan fingerprint density at radius 3 is 2.23 bits per heavy atom. The zero-order chi connectivity index (χ0) is 31.0. The summed E-state index contributed by atoms with van der Waals surface area (Å²) in [6.07, 6.45) is 1.76. The average molecular weight is 606 g/mol. The summed E-state index contributed by atoms with van der Waals surface area (Å²) in [5, 5.41) is 16.2. The van der Waals surface area contributed by atoms with E-state index < -0.39 is 0 Å². The monoisotopic (exact) mass is 605 g/mol. The molecule has 2 aromatic heterocycles. The molecule has 44 heavy (non-hydrogen) atoms. The van der Waals surface area contributed by atoms with Gasteiger partial charge in [0.25, 0.3) is 5.69 Å². The van der Waals surface area contributed by atoms with Crippen molar-refractivity contribution < 1.29 is 14.4 Å². The van der Waals surface area contributed by atoms with E-state index in [4.69, 9.17) is 21.7 Å². The van der Waals surface area contributed by atoms with Crippen LogP contribution in [0.5, 0.6) is 17.2 Å². The van der Waals surface area contributed by atoms with Gasteiger partial charge in [0, 0.05) is 23.3 Å². The van der Waals surface area contributed by atoms with Gasteiger partial charge in [0.05, 0.1) is 35.9 Å². The Morgan fingerprint density at radius 1 is 0.909 bits per heavy atom. The summed E-state index contributed by atoms with van der Waals surface area (Å²) in [6, 6.07) is 27.9. The first kappa shape index (κ1) is 28.9. The SMILES string of the molecule is COc1ccc(-n2c(C)cc([C@H]3[C@H](c4ccccn4)NC(=S)N3c3ccc(Oc4ccc(C)cc4)cc3)c2C)c([N+](=O)[O-])c1. The third-order valence-electron chi connectivity index (χ3n) is 7.88. The fraction of sp³-hybridized carbons (Fsp3) is 0.176. The minimum atomic E-state index is -0.383. The van der Waals surface area contributed by atoms with E-state index in [0.717, 1.165) is 39.6 Å². The standard InChI is InChI=1S/C34H31N5O4S/c1-21-8-12-25(13-9-21)43-26-14-10-24(11-15-26)38-33(32(36-34(38)44)29-7-5-6-18-35-29)28-19-22(2)37(23(28)3)30-17-16-27(42-4)20-31(30)39(40)41/h5-20,32-33H,1-4H3,(H,36,44)/t32-,33-/m0/s1. The van der Waals surface area contributed by atoms with Crippen molar-refractivity contribution in [3.8, 4) is 22.9 Å². The number of rotatable bonds is 8. The molecule has 5 aromatic rings. The Morgan fingerprint density at radius 2 is 1.59 bits per heavy atom. The van der Waals surface area contributed by atoms with Gasteiger partial charge in [-0.1, -0.05) is 23.8 Å². The van der Waals surface area contributed by atoms with Crippen LogP contribution in [0.3, 0.4) is 0 Å². The molecule has 0 unspecified atom stereocenters. The minimum absolute atomic E-state index is 0.0416. The van der Waals surface area contributed by atoms with Crippen LogP contribution in [-0.4, -0.2) is 26.7 Å². The van der Waals surface area contributed by atoms with Crippen LogP contribution in [0.15, 0.2) is 97.2 Å². The second-order valence-electron chi connectivity index (χ2n) is 10.7. The van der Waals surface area contributed by atoms with Gasteiger partial charge in [-0.2, -0.15) is 0 Å². The van der Waals surface area contributed by atoms with Gasteiger partial charge in [-0.15, -0.1) is 0 Å². The van der Waals surface area contributed by atoms with Crippen molar-refractivity contribution in [2.75, 3.05) is 12.0 Å². The molecule has 6 rings (SSSR count). The Balaban J connectivity index is 1.43. The summed E-state index contributed by atoms with van der Waals surface area (Å²) in [5.74, 6) is 1.89. The molecule has 1 aliphatic rings. The lowest BCUT2D eigenvalue weighted by Gasteiger charge is -2.28. The first-order valence-electron chi connectivity index (χ1n) is 14.1. The maximum atomic E-state index is 12.1. The number of hydrogen-bond donors (Lipinski definition) is 1. The number of nitrogens with zero attached hydrogens (tertiary/aromatic N) is 4. The number of nitrogens with one attached hydrogen (secondary N) is 1. The molecule has 9 nitrogen and oxygen atoms in total. The minimum Gasteiger partial charge on any atom is -0.496 e. The summed E-state index contributed by atoms with van der Waals surface area (Å²) in [4.78, 5) is 18.5. The largest absolute Gasteiger partial charge is 0.496 e. The molecular weight excluding hydrogens is 574 g/mol.